The molecule has 0 bridgehead atoms. The molecule has 0 aliphatic rings. The van der Waals surface area contributed by atoms with Gasteiger partial charge < -0.3 is 20.4 Å². The van der Waals surface area contributed by atoms with E-state index in [0.717, 1.165) is 5.56 Å². The van der Waals surface area contributed by atoms with Crippen LogP contribution in [0, 0.1) is 0 Å². The molecule has 17 heavy (non-hydrogen) atoms. The van der Waals surface area contributed by atoms with Crippen LogP contribution in [0.5, 0.6) is 0 Å². The van der Waals surface area contributed by atoms with E-state index in [0.29, 0.717) is 24.0 Å². The van der Waals surface area contributed by atoms with Crippen LogP contribution in [0.4, 0.5) is 0 Å². The van der Waals surface area contributed by atoms with Crippen LogP contribution in [0.25, 0.3) is 11.0 Å². The number of nitrogens with zero attached hydrogens (tertiary/aromatic N) is 1. The molecule has 1 unspecified atom stereocenters. The summed E-state index contributed by atoms with van der Waals surface area (Å²) in [7, 11) is 0. The van der Waals surface area contributed by atoms with Crippen LogP contribution >= 0.6 is 0 Å². The predicted octanol–water partition coefficient (Wildman–Crippen LogP) is 0.112. The largest absolute Gasteiger partial charge is 0.396 e. The molecule has 6 heteroatoms. The Labute approximate surface area is 98.1 Å². The molecule has 2 rings (SSSR count). The minimum Gasteiger partial charge on any atom is -0.396 e. The Hall–Kier alpha value is -1.66. The second kappa shape index (κ2) is 5.11. The van der Waals surface area contributed by atoms with Gasteiger partial charge in [0.2, 0.25) is 0 Å². The van der Waals surface area contributed by atoms with Gasteiger partial charge >= 0.3 is 0 Å². The highest BCUT2D eigenvalue weighted by molar-refractivity contribution is 5.77. The van der Waals surface area contributed by atoms with E-state index >= 15 is 0 Å². The molecule has 0 aromatic carbocycles. The summed E-state index contributed by atoms with van der Waals surface area (Å²) in [4.78, 5) is 21.0. The van der Waals surface area contributed by atoms with Crippen LogP contribution in [0.1, 0.15) is 18.9 Å². The number of hydrogen-bond donors (Lipinski definition) is 4. The van der Waals surface area contributed by atoms with Gasteiger partial charge in [-0.1, -0.05) is 0 Å². The van der Waals surface area contributed by atoms with Crippen molar-refractivity contribution in [2.45, 2.75) is 25.9 Å². The lowest BCUT2D eigenvalue weighted by molar-refractivity contribution is 0.269. The highest BCUT2D eigenvalue weighted by Crippen LogP contribution is 2.11. The third kappa shape index (κ3) is 2.54. The number of H-pyrrole nitrogens is 2. The molecular formula is C11H16N4O2. The van der Waals surface area contributed by atoms with Crippen molar-refractivity contribution in [3.8, 4) is 0 Å². The van der Waals surface area contributed by atoms with Crippen LogP contribution < -0.4 is 10.9 Å². The Morgan fingerprint density at radius 3 is 3.12 bits per heavy atom. The van der Waals surface area contributed by atoms with E-state index in [-0.39, 0.29) is 18.2 Å². The van der Waals surface area contributed by atoms with Crippen molar-refractivity contribution in [2.75, 3.05) is 6.61 Å². The summed E-state index contributed by atoms with van der Waals surface area (Å²) >= 11 is 0. The van der Waals surface area contributed by atoms with Crippen molar-refractivity contribution in [1.29, 1.82) is 0 Å². The lowest BCUT2D eigenvalue weighted by Crippen LogP contribution is -2.26. The molecule has 0 radical (unpaired) electrons. The van der Waals surface area contributed by atoms with Gasteiger partial charge in [0.15, 0.2) is 0 Å². The van der Waals surface area contributed by atoms with Crippen molar-refractivity contribution in [3.63, 3.8) is 0 Å². The third-order valence-electron chi connectivity index (χ3n) is 2.75. The molecule has 92 valence electrons. The third-order valence-corrected chi connectivity index (χ3v) is 2.75. The summed E-state index contributed by atoms with van der Waals surface area (Å²) in [6.45, 7) is 2.79. The van der Waals surface area contributed by atoms with E-state index in [1.54, 1.807) is 6.20 Å². The fraction of sp³-hybridized carbons (Fsp3) is 0.455. The number of rotatable bonds is 5. The Bertz CT molecular complexity index is 546. The van der Waals surface area contributed by atoms with Crippen molar-refractivity contribution in [1.82, 2.24) is 20.3 Å². The average molecular weight is 236 g/mol. The van der Waals surface area contributed by atoms with Gasteiger partial charge in [0.25, 0.3) is 5.56 Å². The van der Waals surface area contributed by atoms with Gasteiger partial charge in [-0.2, -0.15) is 0 Å². The minimum absolute atomic E-state index is 0.162. The number of aliphatic hydroxyl groups excluding tert-OH is 1. The highest BCUT2D eigenvalue weighted by atomic mass is 16.3. The quantitative estimate of drug-likeness (QED) is 0.593. The second-order valence-electron chi connectivity index (χ2n) is 4.06. The maximum Gasteiger partial charge on any atom is 0.275 e. The van der Waals surface area contributed by atoms with Crippen molar-refractivity contribution in [3.05, 3.63) is 28.4 Å². The lowest BCUT2D eigenvalue weighted by Gasteiger charge is -2.11. The van der Waals surface area contributed by atoms with Crippen LogP contribution in [-0.2, 0) is 6.54 Å². The lowest BCUT2D eigenvalue weighted by atomic mass is 10.2. The van der Waals surface area contributed by atoms with E-state index in [2.05, 4.69) is 20.3 Å². The smallest absolute Gasteiger partial charge is 0.275 e. The topological polar surface area (TPSA) is 93.8 Å². The van der Waals surface area contributed by atoms with E-state index < -0.39 is 0 Å². The summed E-state index contributed by atoms with van der Waals surface area (Å²) in [5, 5.41) is 12.1. The molecule has 0 amide bonds. The predicted molar refractivity (Wildman–Crippen MR) is 64.7 cm³/mol. The normalized spacial score (nSPS) is 13.1. The molecule has 0 aliphatic heterocycles. The zero-order chi connectivity index (χ0) is 12.3. The molecule has 6 nitrogen and oxygen atoms in total. The number of nitrogens with one attached hydrogen (secondary N) is 3. The summed E-state index contributed by atoms with van der Waals surface area (Å²) in [5.41, 5.74) is 1.98. The summed E-state index contributed by atoms with van der Waals surface area (Å²) < 4.78 is 0. The number of hydrogen-bond acceptors (Lipinski definition) is 4. The van der Waals surface area contributed by atoms with Crippen molar-refractivity contribution in [2.24, 2.45) is 0 Å². The van der Waals surface area contributed by atoms with E-state index in [9.17, 15) is 4.79 Å². The zero-order valence-corrected chi connectivity index (χ0v) is 9.66. The monoisotopic (exact) mass is 236 g/mol. The molecule has 2 aromatic rings. The second-order valence-corrected chi connectivity index (χ2v) is 4.06. The molecule has 4 N–H and O–H groups in total. The van der Waals surface area contributed by atoms with Gasteiger partial charge in [-0.25, -0.2) is 4.98 Å². The first-order valence-corrected chi connectivity index (χ1v) is 5.60. The summed E-state index contributed by atoms with van der Waals surface area (Å²) in [6, 6.07) is 0.229. The maximum absolute atomic E-state index is 11.5. The van der Waals surface area contributed by atoms with Gasteiger partial charge in [0, 0.05) is 31.0 Å². The van der Waals surface area contributed by atoms with Gasteiger partial charge in [-0.15, -0.1) is 0 Å². The number of fused-ring (bicyclic) bond motifs is 1. The van der Waals surface area contributed by atoms with E-state index in [1.165, 1.54) is 6.33 Å². The first kappa shape index (κ1) is 11.8. The molecule has 0 spiro atoms. The van der Waals surface area contributed by atoms with Crippen molar-refractivity contribution >= 4 is 11.0 Å². The van der Waals surface area contributed by atoms with Crippen LogP contribution in [-0.4, -0.2) is 32.7 Å². The molecule has 0 fully saturated rings. The number of aromatic amines is 2. The summed E-state index contributed by atoms with van der Waals surface area (Å²) in [5.74, 6) is 0. The standard InChI is InChI=1S/C11H16N4O2/c1-7(2-3-16)12-4-8-5-13-10-9(8)14-6-15-11(10)17/h5-7,12-13,16H,2-4H2,1H3,(H,14,15,17). The Balaban J connectivity index is 2.14. The molecule has 0 saturated carbocycles. The Kier molecular flexibility index (Phi) is 3.55. The first-order chi connectivity index (χ1) is 8.22. The van der Waals surface area contributed by atoms with Gasteiger partial charge in [-0.3, -0.25) is 4.79 Å². The van der Waals surface area contributed by atoms with E-state index in [1.807, 2.05) is 6.92 Å². The van der Waals surface area contributed by atoms with Crippen LogP contribution in [0.3, 0.4) is 0 Å². The zero-order valence-electron chi connectivity index (χ0n) is 9.66. The Morgan fingerprint density at radius 1 is 1.53 bits per heavy atom. The minimum atomic E-state index is -0.162. The fourth-order valence-electron chi connectivity index (χ4n) is 1.72. The van der Waals surface area contributed by atoms with Crippen LogP contribution in [0.2, 0.25) is 0 Å². The molecule has 0 saturated heterocycles. The average Bonchev–Trinajstić information content (AvgIpc) is 2.72. The molecule has 0 aliphatic carbocycles. The number of aromatic nitrogens is 3. The van der Waals surface area contributed by atoms with Gasteiger partial charge in [0.1, 0.15) is 5.52 Å². The molecule has 1 atom stereocenters. The van der Waals surface area contributed by atoms with Gasteiger partial charge in [0.05, 0.1) is 11.8 Å². The van der Waals surface area contributed by atoms with E-state index in [4.69, 9.17) is 5.11 Å². The SMILES string of the molecule is CC(CCO)NCc1c[nH]c2c(=O)[nH]cnc12. The molecule has 2 aromatic heterocycles. The Morgan fingerprint density at radius 2 is 2.35 bits per heavy atom. The summed E-state index contributed by atoms with van der Waals surface area (Å²) in [6.07, 6.45) is 3.89. The van der Waals surface area contributed by atoms with Crippen molar-refractivity contribution < 1.29 is 5.11 Å². The fourth-order valence-corrected chi connectivity index (χ4v) is 1.72. The highest BCUT2D eigenvalue weighted by Gasteiger charge is 2.08. The van der Waals surface area contributed by atoms with Gasteiger partial charge in [-0.05, 0) is 13.3 Å². The molecule has 2 heterocycles. The number of aliphatic hydroxyl groups is 1. The molecular weight excluding hydrogens is 220 g/mol. The first-order valence-electron chi connectivity index (χ1n) is 5.60. The maximum atomic E-state index is 11.5. The van der Waals surface area contributed by atoms with Crippen LogP contribution in [0.15, 0.2) is 17.3 Å².